The topological polar surface area (TPSA) is 128 Å². The van der Waals surface area contributed by atoms with Crippen LogP contribution in [0.5, 0.6) is 0 Å². The number of nitrogens with zero attached hydrogens (tertiary/aromatic N) is 1. The van der Waals surface area contributed by atoms with Gasteiger partial charge in [-0.05, 0) is 106 Å². The lowest BCUT2D eigenvalue weighted by Crippen LogP contribution is -2.53. The first kappa shape index (κ1) is 43.2. The summed E-state index contributed by atoms with van der Waals surface area (Å²) in [6, 6.07) is 14.9. The Balaban J connectivity index is 1.18. The summed E-state index contributed by atoms with van der Waals surface area (Å²) in [7, 11) is 0. The van der Waals surface area contributed by atoms with Crippen molar-refractivity contribution in [2.45, 2.75) is 174 Å². The molecule has 2 aromatic rings. The van der Waals surface area contributed by atoms with Gasteiger partial charge in [-0.2, -0.15) is 0 Å². The molecule has 10 heteroatoms. The Hall–Kier alpha value is -3.34. The van der Waals surface area contributed by atoms with Crippen LogP contribution in [0.25, 0.3) is 0 Å². The minimum Gasteiger partial charge on any atom is -0.460 e. The van der Waals surface area contributed by atoms with Gasteiger partial charge in [-0.15, -0.1) is 0 Å². The van der Waals surface area contributed by atoms with Gasteiger partial charge in [0.25, 0.3) is 0 Å². The summed E-state index contributed by atoms with van der Waals surface area (Å²) in [5.74, 6) is -0.479. The van der Waals surface area contributed by atoms with E-state index in [1.165, 1.54) is 5.56 Å². The van der Waals surface area contributed by atoms with Crippen molar-refractivity contribution >= 4 is 17.9 Å². The van der Waals surface area contributed by atoms with E-state index in [0.717, 1.165) is 101 Å². The summed E-state index contributed by atoms with van der Waals surface area (Å²) in [5.41, 5.74) is 3.01. The zero-order chi connectivity index (χ0) is 40.5. The maximum Gasteiger partial charge on any atom is 0.309 e. The molecular formula is C47H70N4O6. The number of carbonyl (C=O) groups is 3. The van der Waals surface area contributed by atoms with Crippen molar-refractivity contribution in [3.05, 3.63) is 65.5 Å². The lowest BCUT2D eigenvalue weighted by molar-refractivity contribution is -0.160. The molecule has 10 atom stereocenters. The monoisotopic (exact) mass is 787 g/mol. The third-order valence-corrected chi connectivity index (χ3v) is 12.9. The first-order chi connectivity index (χ1) is 27.5. The summed E-state index contributed by atoms with van der Waals surface area (Å²) in [4.78, 5) is 43.8. The van der Waals surface area contributed by atoms with Crippen LogP contribution in [0, 0.1) is 29.6 Å². The van der Waals surface area contributed by atoms with Crippen molar-refractivity contribution in [2.24, 2.45) is 29.6 Å². The maximum atomic E-state index is 13.4. The van der Waals surface area contributed by atoms with Crippen molar-refractivity contribution in [3.8, 4) is 0 Å². The highest BCUT2D eigenvalue weighted by Gasteiger charge is 2.42. The van der Waals surface area contributed by atoms with Gasteiger partial charge in [0.2, 0.25) is 0 Å². The molecule has 57 heavy (non-hydrogen) atoms. The van der Waals surface area contributed by atoms with Crippen LogP contribution in [0.3, 0.4) is 0 Å². The van der Waals surface area contributed by atoms with Gasteiger partial charge in [0.15, 0.2) is 6.10 Å². The zero-order valence-corrected chi connectivity index (χ0v) is 35.4. The van der Waals surface area contributed by atoms with E-state index in [0.29, 0.717) is 5.92 Å². The number of pyridine rings is 1. The molecule has 1 aromatic carbocycles. The summed E-state index contributed by atoms with van der Waals surface area (Å²) in [6.07, 6.45) is 14.2. The van der Waals surface area contributed by atoms with Gasteiger partial charge in [0, 0.05) is 30.4 Å². The number of esters is 3. The molecule has 0 spiro atoms. The first-order valence-corrected chi connectivity index (χ1v) is 22.4. The molecular weight excluding hydrogens is 717 g/mol. The molecule has 10 unspecified atom stereocenters. The molecule has 1 saturated carbocycles. The highest BCUT2D eigenvalue weighted by molar-refractivity contribution is 5.72. The van der Waals surface area contributed by atoms with Crippen LogP contribution in [0.4, 0.5) is 0 Å². The molecule has 4 aliphatic rings. The SMILES string of the molecule is CC(C)C(=O)OC(c1cccc(C2CCCC(C(OC(=O)C(C)C)C3CCCC(C4CCCC(C(OC(=O)C(C)C)c5ccccn5)N4)C3)N2)c1)C1CCCCN1. The van der Waals surface area contributed by atoms with Gasteiger partial charge < -0.3 is 30.2 Å². The van der Waals surface area contributed by atoms with Crippen molar-refractivity contribution in [1.82, 2.24) is 20.9 Å². The maximum absolute atomic E-state index is 13.4. The lowest BCUT2D eigenvalue weighted by Gasteiger charge is -2.45. The number of piperidine rings is 3. The average Bonchev–Trinajstić information content (AvgIpc) is 3.24. The van der Waals surface area contributed by atoms with Crippen molar-refractivity contribution in [1.29, 1.82) is 0 Å². The van der Waals surface area contributed by atoms with Gasteiger partial charge in [-0.3, -0.25) is 19.4 Å². The van der Waals surface area contributed by atoms with E-state index in [9.17, 15) is 14.4 Å². The molecule has 0 amide bonds. The predicted octanol–water partition coefficient (Wildman–Crippen LogP) is 8.47. The van der Waals surface area contributed by atoms with Crippen molar-refractivity contribution in [2.75, 3.05) is 6.54 Å². The fraction of sp³-hybridized carbons (Fsp3) is 0.702. The zero-order valence-electron chi connectivity index (χ0n) is 35.4. The van der Waals surface area contributed by atoms with E-state index in [1.54, 1.807) is 6.20 Å². The third-order valence-electron chi connectivity index (χ3n) is 12.9. The molecule has 10 nitrogen and oxygen atoms in total. The molecule has 3 N–H and O–H groups in total. The highest BCUT2D eigenvalue weighted by Crippen LogP contribution is 2.41. The molecule has 0 radical (unpaired) electrons. The quantitative estimate of drug-likeness (QED) is 0.127. The summed E-state index contributed by atoms with van der Waals surface area (Å²) >= 11 is 0. The van der Waals surface area contributed by atoms with Gasteiger partial charge in [0.1, 0.15) is 12.2 Å². The number of carbonyl (C=O) groups excluding carboxylic acids is 3. The van der Waals surface area contributed by atoms with Crippen molar-refractivity contribution < 1.29 is 28.6 Å². The fourth-order valence-electron chi connectivity index (χ4n) is 9.69. The van der Waals surface area contributed by atoms with Crippen LogP contribution >= 0.6 is 0 Å². The van der Waals surface area contributed by atoms with Crippen LogP contribution in [0.15, 0.2) is 48.7 Å². The second-order valence-corrected chi connectivity index (χ2v) is 18.3. The summed E-state index contributed by atoms with van der Waals surface area (Å²) < 4.78 is 18.9. The van der Waals surface area contributed by atoms with E-state index in [-0.39, 0.29) is 84.0 Å². The largest absolute Gasteiger partial charge is 0.460 e. The van der Waals surface area contributed by atoms with Gasteiger partial charge in [-0.25, -0.2) is 0 Å². The minimum atomic E-state index is -0.443. The Morgan fingerprint density at radius 1 is 0.649 bits per heavy atom. The van der Waals surface area contributed by atoms with Crippen LogP contribution < -0.4 is 16.0 Å². The number of hydrogen-bond acceptors (Lipinski definition) is 10. The number of hydrogen-bond donors (Lipinski definition) is 3. The number of rotatable bonds is 14. The normalized spacial score (nSPS) is 28.7. The Morgan fingerprint density at radius 3 is 2.04 bits per heavy atom. The molecule has 4 heterocycles. The molecule has 314 valence electrons. The Bertz CT molecular complexity index is 1600. The first-order valence-electron chi connectivity index (χ1n) is 22.4. The van der Waals surface area contributed by atoms with Gasteiger partial charge >= 0.3 is 17.9 Å². The Morgan fingerprint density at radius 2 is 1.33 bits per heavy atom. The standard InChI is InChI=1S/C47H70N4O6/c1-29(2)45(52)55-42(38-19-7-9-25-48-38)34-17-11-15-32(27-34)36-21-13-23-40(50-36)43(56-46(53)30(3)4)35-18-12-16-33(28-35)37-22-14-24-41(51-37)44(57-47(54)31(5)6)39-20-8-10-26-49-39/h8,10-11,15,17,20,26-27,29-31,33,35-38,40-44,48,50-51H,7,9,12-14,16,18-19,21-25,28H2,1-6H3. The second kappa shape index (κ2) is 20.6. The van der Waals surface area contributed by atoms with E-state index < -0.39 is 6.10 Å². The highest BCUT2D eigenvalue weighted by atomic mass is 16.6. The van der Waals surface area contributed by atoms with Crippen molar-refractivity contribution in [3.63, 3.8) is 0 Å². The van der Waals surface area contributed by atoms with Crippen LogP contribution in [-0.2, 0) is 28.6 Å². The molecule has 1 aromatic heterocycles. The van der Waals surface area contributed by atoms with Gasteiger partial charge in [-0.1, -0.05) is 91.1 Å². The molecule has 4 fully saturated rings. The van der Waals surface area contributed by atoms with Crippen LogP contribution in [0.1, 0.15) is 160 Å². The Kier molecular flexibility index (Phi) is 15.6. The number of benzene rings is 1. The molecule has 0 bridgehead atoms. The Labute approximate surface area is 341 Å². The second-order valence-electron chi connectivity index (χ2n) is 18.3. The molecule has 3 saturated heterocycles. The van der Waals surface area contributed by atoms with E-state index in [1.807, 2.05) is 59.7 Å². The fourth-order valence-corrected chi connectivity index (χ4v) is 9.69. The molecule has 6 rings (SSSR count). The van der Waals surface area contributed by atoms with Crippen LogP contribution in [0.2, 0.25) is 0 Å². The lowest BCUT2D eigenvalue weighted by atomic mass is 9.71. The number of aromatic nitrogens is 1. The van der Waals surface area contributed by atoms with Gasteiger partial charge in [0.05, 0.1) is 29.5 Å². The van der Waals surface area contributed by atoms with E-state index in [4.69, 9.17) is 14.2 Å². The smallest absolute Gasteiger partial charge is 0.309 e. The predicted molar refractivity (Wildman–Crippen MR) is 222 cm³/mol. The van der Waals surface area contributed by atoms with E-state index in [2.05, 4.69) is 45.2 Å². The minimum absolute atomic E-state index is 0.0183. The van der Waals surface area contributed by atoms with Crippen LogP contribution in [-0.4, -0.2) is 59.7 Å². The number of ether oxygens (including phenoxy) is 3. The molecule has 1 aliphatic carbocycles. The summed E-state index contributed by atoms with van der Waals surface area (Å²) in [6.45, 7) is 12.3. The number of nitrogens with one attached hydrogen (secondary N) is 3. The molecule has 3 aliphatic heterocycles. The summed E-state index contributed by atoms with van der Waals surface area (Å²) in [5, 5.41) is 11.6. The van der Waals surface area contributed by atoms with E-state index >= 15 is 0 Å². The average molecular weight is 787 g/mol. The third kappa shape index (κ3) is 11.4.